The Kier molecular flexibility index (Phi) is 5.85. The van der Waals surface area contributed by atoms with Crippen LogP contribution in [0.25, 0.3) is 10.9 Å². The summed E-state index contributed by atoms with van der Waals surface area (Å²) in [6.45, 7) is 6.18. The molecule has 1 saturated heterocycles. The molecule has 0 bridgehead atoms. The quantitative estimate of drug-likeness (QED) is 0.601. The van der Waals surface area contributed by atoms with Crippen molar-refractivity contribution in [3.8, 4) is 0 Å². The molecule has 1 amide bonds. The van der Waals surface area contributed by atoms with E-state index < -0.39 is 17.9 Å². The Morgan fingerprint density at radius 3 is 2.76 bits per heavy atom. The lowest BCUT2D eigenvalue weighted by molar-refractivity contribution is -0.142. The molecule has 2 N–H and O–H groups in total. The van der Waals surface area contributed by atoms with Gasteiger partial charge in [-0.25, -0.2) is 15.0 Å². The van der Waals surface area contributed by atoms with Crippen molar-refractivity contribution >= 4 is 28.4 Å². The fraction of sp³-hybridized carbons (Fsp3) is 0.476. The van der Waals surface area contributed by atoms with Crippen LogP contribution in [-0.2, 0) is 18.0 Å². The monoisotopic (exact) mass is 462 g/mol. The Labute approximate surface area is 188 Å². The van der Waals surface area contributed by atoms with E-state index in [9.17, 15) is 18.0 Å². The first-order valence-corrected chi connectivity index (χ1v) is 10.5. The maximum atomic E-state index is 13.4. The Morgan fingerprint density at radius 2 is 2.06 bits per heavy atom. The normalized spacial score (nSPS) is 17.4. The Hall–Kier alpha value is -3.44. The fourth-order valence-corrected chi connectivity index (χ4v) is 4.12. The lowest BCUT2D eigenvalue weighted by Crippen LogP contribution is -2.35. The van der Waals surface area contributed by atoms with Gasteiger partial charge in [0.15, 0.2) is 5.69 Å². The molecule has 0 aromatic carbocycles. The highest BCUT2D eigenvalue weighted by Crippen LogP contribution is 2.35. The lowest BCUT2D eigenvalue weighted by atomic mass is 10.1. The zero-order chi connectivity index (χ0) is 23.9. The topological polar surface area (TPSA) is 101 Å². The molecule has 1 aliphatic heterocycles. The van der Waals surface area contributed by atoms with Crippen molar-refractivity contribution in [3.63, 3.8) is 0 Å². The van der Waals surface area contributed by atoms with Crippen LogP contribution < -0.4 is 15.5 Å². The number of hydrogen-bond donors (Lipinski definition) is 2. The van der Waals surface area contributed by atoms with Crippen LogP contribution in [0.15, 0.2) is 18.5 Å². The summed E-state index contributed by atoms with van der Waals surface area (Å²) in [5.41, 5.74) is -0.314. The van der Waals surface area contributed by atoms with E-state index in [4.69, 9.17) is 0 Å². The molecule has 3 aromatic heterocycles. The summed E-state index contributed by atoms with van der Waals surface area (Å²) in [5, 5.41) is 10.3. The van der Waals surface area contributed by atoms with Gasteiger partial charge in [-0.15, -0.1) is 0 Å². The summed E-state index contributed by atoms with van der Waals surface area (Å²) in [7, 11) is 1.46. The number of rotatable bonds is 5. The molecule has 12 heteroatoms. The van der Waals surface area contributed by atoms with E-state index >= 15 is 0 Å². The van der Waals surface area contributed by atoms with Crippen LogP contribution in [0, 0.1) is 6.92 Å². The van der Waals surface area contributed by atoms with Crippen LogP contribution in [0.2, 0.25) is 0 Å². The lowest BCUT2D eigenvalue weighted by Gasteiger charge is -2.20. The first kappa shape index (κ1) is 22.7. The molecule has 2 atom stereocenters. The summed E-state index contributed by atoms with van der Waals surface area (Å²) in [4.78, 5) is 26.8. The zero-order valence-corrected chi connectivity index (χ0v) is 18.7. The van der Waals surface area contributed by atoms with Gasteiger partial charge in [-0.1, -0.05) is 0 Å². The first-order valence-electron chi connectivity index (χ1n) is 10.5. The number of amides is 1. The number of anilines is 2. The SMILES string of the molecule is CC(=O)N[C@@H]1CCN(c2cc3c(NC(C)c4cn(C)nc4C(F)(F)F)nc(C)nc3cn2)C1. The maximum Gasteiger partial charge on any atom is 0.435 e. The van der Waals surface area contributed by atoms with Gasteiger partial charge < -0.3 is 15.5 Å². The second kappa shape index (κ2) is 8.49. The number of aromatic nitrogens is 5. The largest absolute Gasteiger partial charge is 0.435 e. The molecular weight excluding hydrogens is 437 g/mol. The number of carbonyl (C=O) groups excluding carboxylic acids is 1. The average molecular weight is 462 g/mol. The van der Waals surface area contributed by atoms with E-state index in [1.54, 1.807) is 20.0 Å². The molecule has 0 saturated carbocycles. The van der Waals surface area contributed by atoms with Crippen LogP contribution in [0.5, 0.6) is 0 Å². The summed E-state index contributed by atoms with van der Waals surface area (Å²) in [6.07, 6.45) is -0.775. The van der Waals surface area contributed by atoms with Gasteiger partial charge in [0.1, 0.15) is 17.5 Å². The van der Waals surface area contributed by atoms with Crippen molar-refractivity contribution in [2.45, 2.75) is 45.5 Å². The van der Waals surface area contributed by atoms with Gasteiger partial charge in [0.25, 0.3) is 0 Å². The van der Waals surface area contributed by atoms with Crippen molar-refractivity contribution in [1.82, 2.24) is 30.0 Å². The average Bonchev–Trinajstić information content (AvgIpc) is 3.33. The number of alkyl halides is 3. The molecule has 1 aliphatic rings. The smallest absolute Gasteiger partial charge is 0.363 e. The van der Waals surface area contributed by atoms with Crippen LogP contribution >= 0.6 is 0 Å². The van der Waals surface area contributed by atoms with Crippen LogP contribution in [-0.4, -0.2) is 49.8 Å². The summed E-state index contributed by atoms with van der Waals surface area (Å²) in [6, 6.07) is 1.16. The maximum absolute atomic E-state index is 13.4. The minimum Gasteiger partial charge on any atom is -0.363 e. The van der Waals surface area contributed by atoms with Gasteiger partial charge >= 0.3 is 6.18 Å². The number of hydrogen-bond acceptors (Lipinski definition) is 7. The van der Waals surface area contributed by atoms with E-state index in [2.05, 4.69) is 35.6 Å². The van der Waals surface area contributed by atoms with Crippen LogP contribution in [0.1, 0.15) is 43.4 Å². The number of nitrogens with one attached hydrogen (secondary N) is 2. The number of aryl methyl sites for hydroxylation is 2. The van der Waals surface area contributed by atoms with E-state index in [1.807, 2.05) is 6.07 Å². The third-order valence-corrected chi connectivity index (χ3v) is 5.54. The van der Waals surface area contributed by atoms with Gasteiger partial charge in [0.05, 0.1) is 17.8 Å². The highest BCUT2D eigenvalue weighted by atomic mass is 19.4. The molecular formula is C21H25F3N8O. The fourth-order valence-electron chi connectivity index (χ4n) is 4.12. The van der Waals surface area contributed by atoms with Crippen molar-refractivity contribution in [2.24, 2.45) is 7.05 Å². The molecule has 1 fully saturated rings. The molecule has 4 heterocycles. The van der Waals surface area contributed by atoms with Gasteiger partial charge in [-0.2, -0.15) is 18.3 Å². The van der Waals surface area contributed by atoms with Gasteiger partial charge in [0, 0.05) is 50.2 Å². The second-order valence-electron chi connectivity index (χ2n) is 8.28. The Bertz CT molecular complexity index is 1190. The molecule has 0 aliphatic carbocycles. The highest BCUT2D eigenvalue weighted by molar-refractivity contribution is 5.90. The molecule has 4 rings (SSSR count). The van der Waals surface area contributed by atoms with Gasteiger partial charge in [-0.3, -0.25) is 9.48 Å². The molecule has 176 valence electrons. The highest BCUT2D eigenvalue weighted by Gasteiger charge is 2.38. The van der Waals surface area contributed by atoms with E-state index in [0.717, 1.165) is 17.6 Å². The number of carbonyl (C=O) groups is 1. The van der Waals surface area contributed by atoms with Crippen molar-refractivity contribution < 1.29 is 18.0 Å². The Balaban J connectivity index is 1.65. The van der Waals surface area contributed by atoms with Gasteiger partial charge in [-0.05, 0) is 26.3 Å². The number of halogens is 3. The standard InChI is InChI=1S/C21H25F3N8O/c1-11(16-10-31(4)30-19(16)21(22,23)24)26-20-15-7-18(25-8-17(15)27-12(2)28-20)32-6-5-14(9-32)29-13(3)33/h7-8,10-11,14H,5-6,9H2,1-4H3,(H,29,33)(H,26,27,28)/t11?,14-/m1/s1. The number of fused-ring (bicyclic) bond motifs is 1. The van der Waals surface area contributed by atoms with Crippen molar-refractivity contribution in [3.05, 3.63) is 35.5 Å². The first-order chi connectivity index (χ1) is 15.5. The molecule has 9 nitrogen and oxygen atoms in total. The molecule has 33 heavy (non-hydrogen) atoms. The minimum absolute atomic E-state index is 0.0291. The van der Waals surface area contributed by atoms with Crippen molar-refractivity contribution in [1.29, 1.82) is 0 Å². The third kappa shape index (κ3) is 4.83. The second-order valence-corrected chi connectivity index (χ2v) is 8.28. The Morgan fingerprint density at radius 1 is 1.30 bits per heavy atom. The summed E-state index contributed by atoms with van der Waals surface area (Å²) >= 11 is 0. The van der Waals surface area contributed by atoms with Crippen molar-refractivity contribution in [2.75, 3.05) is 23.3 Å². The molecule has 3 aromatic rings. The number of nitrogens with zero attached hydrogens (tertiary/aromatic N) is 6. The van der Waals surface area contributed by atoms with Crippen LogP contribution in [0.3, 0.4) is 0 Å². The van der Waals surface area contributed by atoms with Crippen LogP contribution in [0.4, 0.5) is 24.8 Å². The van der Waals surface area contributed by atoms with Gasteiger partial charge in [0.2, 0.25) is 5.91 Å². The predicted molar refractivity (Wildman–Crippen MR) is 117 cm³/mol. The molecule has 1 unspecified atom stereocenters. The third-order valence-electron chi connectivity index (χ3n) is 5.54. The van der Waals surface area contributed by atoms with E-state index in [1.165, 1.54) is 20.2 Å². The predicted octanol–water partition coefficient (Wildman–Crippen LogP) is 2.97. The molecule has 0 radical (unpaired) electrons. The van der Waals surface area contributed by atoms with E-state index in [0.29, 0.717) is 34.9 Å². The minimum atomic E-state index is -4.56. The summed E-state index contributed by atoms with van der Waals surface area (Å²) < 4.78 is 41.5. The molecule has 0 spiro atoms. The zero-order valence-electron chi connectivity index (χ0n) is 18.7. The van der Waals surface area contributed by atoms with E-state index in [-0.39, 0.29) is 17.5 Å². The summed E-state index contributed by atoms with van der Waals surface area (Å²) in [5.74, 6) is 1.51. The number of pyridine rings is 1.